The summed E-state index contributed by atoms with van der Waals surface area (Å²) in [5.74, 6) is 0. The molecule has 1 rings (SSSR count). The molecule has 3 N–H and O–H groups in total. The fourth-order valence-electron chi connectivity index (χ4n) is 1.44. The van der Waals surface area contributed by atoms with E-state index in [4.69, 9.17) is 0 Å². The van der Waals surface area contributed by atoms with Gasteiger partial charge >= 0.3 is 0 Å². The fourth-order valence-corrected chi connectivity index (χ4v) is 1.44. The van der Waals surface area contributed by atoms with Gasteiger partial charge < -0.3 is 15.5 Å². The van der Waals surface area contributed by atoms with Crippen LogP contribution >= 0.6 is 0 Å². The lowest BCUT2D eigenvalue weighted by Gasteiger charge is -2.18. The van der Waals surface area contributed by atoms with Crippen LogP contribution in [0, 0.1) is 6.92 Å². The van der Waals surface area contributed by atoms with Crippen LogP contribution < -0.4 is 5.32 Å². The zero-order valence-corrected chi connectivity index (χ0v) is 9.27. The standard InChI is InChI=1S/C12H19NO2/c1-9-3-5-10(6-4-9)12(15)11(14)7-8-13-2/h3-6,11-15H,7-8H2,1-2H3. The van der Waals surface area contributed by atoms with E-state index in [2.05, 4.69) is 5.32 Å². The Labute approximate surface area is 90.8 Å². The molecule has 0 saturated heterocycles. The average molecular weight is 209 g/mol. The monoisotopic (exact) mass is 209 g/mol. The topological polar surface area (TPSA) is 52.5 Å². The van der Waals surface area contributed by atoms with Gasteiger partial charge in [-0.3, -0.25) is 0 Å². The van der Waals surface area contributed by atoms with Gasteiger partial charge in [0, 0.05) is 0 Å². The van der Waals surface area contributed by atoms with Gasteiger partial charge in [0.05, 0.1) is 6.10 Å². The molecule has 3 nitrogen and oxygen atoms in total. The summed E-state index contributed by atoms with van der Waals surface area (Å²) >= 11 is 0. The molecule has 0 aliphatic rings. The lowest BCUT2D eigenvalue weighted by Crippen LogP contribution is -2.23. The van der Waals surface area contributed by atoms with Crippen molar-refractivity contribution < 1.29 is 10.2 Å². The number of nitrogens with one attached hydrogen (secondary N) is 1. The molecule has 84 valence electrons. The molecule has 0 aliphatic carbocycles. The third-order valence-electron chi connectivity index (χ3n) is 2.47. The second-order valence-electron chi connectivity index (χ2n) is 3.82. The maximum absolute atomic E-state index is 9.83. The van der Waals surface area contributed by atoms with E-state index in [-0.39, 0.29) is 0 Å². The van der Waals surface area contributed by atoms with E-state index in [0.29, 0.717) is 13.0 Å². The van der Waals surface area contributed by atoms with Crippen molar-refractivity contribution in [3.8, 4) is 0 Å². The maximum Gasteiger partial charge on any atom is 0.105 e. The molecule has 1 aromatic carbocycles. The van der Waals surface area contributed by atoms with E-state index in [9.17, 15) is 10.2 Å². The number of hydrogen-bond donors (Lipinski definition) is 3. The number of aryl methyl sites for hydroxylation is 1. The largest absolute Gasteiger partial charge is 0.390 e. The Morgan fingerprint density at radius 3 is 2.33 bits per heavy atom. The summed E-state index contributed by atoms with van der Waals surface area (Å²) in [7, 11) is 1.82. The molecule has 0 bridgehead atoms. The van der Waals surface area contributed by atoms with Gasteiger partial charge in [-0.15, -0.1) is 0 Å². The van der Waals surface area contributed by atoms with Crippen LogP contribution in [0.5, 0.6) is 0 Å². The smallest absolute Gasteiger partial charge is 0.105 e. The predicted octanol–water partition coefficient (Wildman–Crippen LogP) is 0.999. The highest BCUT2D eigenvalue weighted by Crippen LogP contribution is 2.18. The van der Waals surface area contributed by atoms with Crippen LogP contribution in [-0.4, -0.2) is 29.9 Å². The Balaban J connectivity index is 2.59. The first-order valence-electron chi connectivity index (χ1n) is 5.22. The van der Waals surface area contributed by atoms with Gasteiger partial charge in [-0.25, -0.2) is 0 Å². The van der Waals surface area contributed by atoms with Gasteiger partial charge in [-0.2, -0.15) is 0 Å². The number of benzene rings is 1. The van der Waals surface area contributed by atoms with Crippen LogP contribution in [0.15, 0.2) is 24.3 Å². The minimum atomic E-state index is -0.793. The van der Waals surface area contributed by atoms with Gasteiger partial charge in [0.1, 0.15) is 6.10 Å². The molecule has 2 atom stereocenters. The van der Waals surface area contributed by atoms with E-state index >= 15 is 0 Å². The van der Waals surface area contributed by atoms with Crippen molar-refractivity contribution in [1.82, 2.24) is 5.32 Å². The van der Waals surface area contributed by atoms with Gasteiger partial charge in [-0.1, -0.05) is 29.8 Å². The summed E-state index contributed by atoms with van der Waals surface area (Å²) < 4.78 is 0. The van der Waals surface area contributed by atoms with E-state index in [1.807, 2.05) is 38.2 Å². The predicted molar refractivity (Wildman–Crippen MR) is 60.7 cm³/mol. The Kier molecular flexibility index (Phi) is 4.75. The van der Waals surface area contributed by atoms with E-state index in [1.165, 1.54) is 0 Å². The Hall–Kier alpha value is -0.900. The molecule has 0 radical (unpaired) electrons. The summed E-state index contributed by atoms with van der Waals surface area (Å²) in [5.41, 5.74) is 1.92. The van der Waals surface area contributed by atoms with Gasteiger partial charge in [0.2, 0.25) is 0 Å². The van der Waals surface area contributed by atoms with Gasteiger partial charge in [-0.05, 0) is 32.5 Å². The SMILES string of the molecule is CNCCC(O)C(O)c1ccc(C)cc1. The van der Waals surface area contributed by atoms with Crippen molar-refractivity contribution in [2.24, 2.45) is 0 Å². The van der Waals surface area contributed by atoms with Crippen LogP contribution in [0.1, 0.15) is 23.7 Å². The van der Waals surface area contributed by atoms with Crippen LogP contribution in [-0.2, 0) is 0 Å². The molecular formula is C12H19NO2. The Morgan fingerprint density at radius 2 is 1.80 bits per heavy atom. The molecule has 1 aromatic rings. The molecule has 0 aliphatic heterocycles. The summed E-state index contributed by atoms with van der Waals surface area (Å²) in [6.07, 6.45) is -0.954. The second kappa shape index (κ2) is 5.85. The molecule has 0 aromatic heterocycles. The van der Waals surface area contributed by atoms with Gasteiger partial charge in [0.25, 0.3) is 0 Å². The van der Waals surface area contributed by atoms with E-state index in [0.717, 1.165) is 11.1 Å². The highest BCUT2D eigenvalue weighted by atomic mass is 16.3. The number of rotatable bonds is 5. The quantitative estimate of drug-likeness (QED) is 0.678. The molecule has 0 fully saturated rings. The Morgan fingerprint density at radius 1 is 1.20 bits per heavy atom. The first-order valence-corrected chi connectivity index (χ1v) is 5.22. The van der Waals surface area contributed by atoms with Crippen molar-refractivity contribution >= 4 is 0 Å². The van der Waals surface area contributed by atoms with Gasteiger partial charge in [0.15, 0.2) is 0 Å². The third kappa shape index (κ3) is 3.63. The lowest BCUT2D eigenvalue weighted by atomic mass is 10.0. The first-order chi connectivity index (χ1) is 7.15. The van der Waals surface area contributed by atoms with Crippen molar-refractivity contribution in [2.75, 3.05) is 13.6 Å². The summed E-state index contributed by atoms with van der Waals surface area (Å²) in [4.78, 5) is 0. The van der Waals surface area contributed by atoms with Crippen LogP contribution in [0.4, 0.5) is 0 Å². The fraction of sp³-hybridized carbons (Fsp3) is 0.500. The first kappa shape index (κ1) is 12.2. The van der Waals surface area contributed by atoms with Crippen LogP contribution in [0.25, 0.3) is 0 Å². The number of hydrogen-bond acceptors (Lipinski definition) is 3. The number of aliphatic hydroxyl groups excluding tert-OH is 2. The molecular weight excluding hydrogens is 190 g/mol. The maximum atomic E-state index is 9.83. The minimum Gasteiger partial charge on any atom is -0.390 e. The summed E-state index contributed by atoms with van der Waals surface area (Å²) in [5, 5.41) is 22.5. The van der Waals surface area contributed by atoms with Crippen LogP contribution in [0.2, 0.25) is 0 Å². The zero-order chi connectivity index (χ0) is 11.3. The highest BCUT2D eigenvalue weighted by molar-refractivity contribution is 5.23. The Bertz CT molecular complexity index is 284. The summed E-state index contributed by atoms with van der Waals surface area (Å²) in [6.45, 7) is 2.69. The normalized spacial score (nSPS) is 14.9. The molecule has 0 spiro atoms. The van der Waals surface area contributed by atoms with E-state index in [1.54, 1.807) is 0 Å². The number of aliphatic hydroxyl groups is 2. The van der Waals surface area contributed by atoms with Crippen molar-refractivity contribution in [1.29, 1.82) is 0 Å². The molecule has 0 amide bonds. The minimum absolute atomic E-state index is 0.547. The molecule has 0 heterocycles. The molecule has 0 saturated carbocycles. The third-order valence-corrected chi connectivity index (χ3v) is 2.47. The molecule has 3 heteroatoms. The highest BCUT2D eigenvalue weighted by Gasteiger charge is 2.17. The molecule has 15 heavy (non-hydrogen) atoms. The van der Waals surface area contributed by atoms with Crippen molar-refractivity contribution in [2.45, 2.75) is 25.6 Å². The zero-order valence-electron chi connectivity index (χ0n) is 9.27. The van der Waals surface area contributed by atoms with E-state index < -0.39 is 12.2 Å². The lowest BCUT2D eigenvalue weighted by molar-refractivity contribution is 0.0140. The second-order valence-corrected chi connectivity index (χ2v) is 3.82. The van der Waals surface area contributed by atoms with Crippen molar-refractivity contribution in [3.63, 3.8) is 0 Å². The summed E-state index contributed by atoms with van der Waals surface area (Å²) in [6, 6.07) is 7.57. The van der Waals surface area contributed by atoms with Crippen LogP contribution in [0.3, 0.4) is 0 Å². The van der Waals surface area contributed by atoms with Crippen molar-refractivity contribution in [3.05, 3.63) is 35.4 Å². The molecule has 2 unspecified atom stereocenters. The average Bonchev–Trinajstić information content (AvgIpc) is 2.26.